The molecule has 0 amide bonds. The molecule has 0 aromatic rings. The summed E-state index contributed by atoms with van der Waals surface area (Å²) >= 11 is 0. The quantitative estimate of drug-likeness (QED) is 0.463. The molecule has 1 saturated heterocycles. The highest BCUT2D eigenvalue weighted by molar-refractivity contribution is 5.03. The highest BCUT2D eigenvalue weighted by Gasteiger charge is 2.27. The van der Waals surface area contributed by atoms with E-state index in [0.717, 1.165) is 25.4 Å². The topological polar surface area (TPSA) is 18.5 Å². The van der Waals surface area contributed by atoms with Gasteiger partial charge >= 0.3 is 0 Å². The van der Waals surface area contributed by atoms with Crippen LogP contribution < -0.4 is 0 Å². The highest BCUT2D eigenvalue weighted by atomic mass is 16.5. The Morgan fingerprint density at radius 2 is 2.62 bits per heavy atom. The maximum absolute atomic E-state index is 5.21. The summed E-state index contributed by atoms with van der Waals surface area (Å²) in [4.78, 5) is 0. The van der Waals surface area contributed by atoms with Crippen molar-refractivity contribution in [1.29, 1.82) is 0 Å². The van der Waals surface area contributed by atoms with Gasteiger partial charge in [0.2, 0.25) is 0 Å². The summed E-state index contributed by atoms with van der Waals surface area (Å²) in [6, 6.07) is 0. The molecule has 0 aliphatic carbocycles. The van der Waals surface area contributed by atoms with Gasteiger partial charge in [-0.2, -0.15) is 0 Å². The van der Waals surface area contributed by atoms with Gasteiger partial charge < -0.3 is 9.47 Å². The van der Waals surface area contributed by atoms with Gasteiger partial charge in [0.1, 0.15) is 12.0 Å². The van der Waals surface area contributed by atoms with Gasteiger partial charge in [0.25, 0.3) is 0 Å². The summed E-state index contributed by atoms with van der Waals surface area (Å²) < 4.78 is 10.2. The Bertz CT molecular complexity index is 128. The molecule has 0 aromatic heterocycles. The molecule has 2 nitrogen and oxygen atoms in total. The van der Waals surface area contributed by atoms with Gasteiger partial charge in [-0.15, -0.1) is 0 Å². The molecule has 1 fully saturated rings. The molecule has 0 saturated carbocycles. The van der Waals surface area contributed by atoms with Gasteiger partial charge in [-0.25, -0.2) is 0 Å². The molecule has 0 spiro atoms. The molecule has 0 aromatic carbocycles. The maximum Gasteiger partial charge on any atom is 0.137 e. The van der Waals surface area contributed by atoms with Crippen LogP contribution in [0.2, 0.25) is 0 Å². The molecule has 2 aliphatic rings. The second kappa shape index (κ2) is 1.41. The Morgan fingerprint density at radius 1 is 1.62 bits per heavy atom. The normalized spacial score (nSPS) is 33.0. The average Bonchev–Trinajstić information content (AvgIpc) is 2.15. The third-order valence-electron chi connectivity index (χ3n) is 1.63. The van der Waals surface area contributed by atoms with E-state index in [2.05, 4.69) is 0 Å². The minimum Gasteiger partial charge on any atom is -0.497 e. The molecule has 0 N–H and O–H groups in total. The first-order valence-electron chi connectivity index (χ1n) is 2.91. The zero-order valence-corrected chi connectivity index (χ0v) is 4.59. The fourth-order valence-corrected chi connectivity index (χ4v) is 1.12. The molecule has 0 bridgehead atoms. The second-order valence-corrected chi connectivity index (χ2v) is 2.19. The van der Waals surface area contributed by atoms with Crippen LogP contribution in [0.5, 0.6) is 0 Å². The van der Waals surface area contributed by atoms with E-state index in [9.17, 15) is 0 Å². The monoisotopic (exact) mass is 112 g/mol. The Kier molecular flexibility index (Phi) is 0.745. The van der Waals surface area contributed by atoms with Crippen molar-refractivity contribution in [3.05, 3.63) is 12.0 Å². The van der Waals surface area contributed by atoms with Gasteiger partial charge in [-0.05, 0) is 6.42 Å². The van der Waals surface area contributed by atoms with Crippen molar-refractivity contribution >= 4 is 0 Å². The average molecular weight is 112 g/mol. The van der Waals surface area contributed by atoms with E-state index in [4.69, 9.17) is 9.47 Å². The molecule has 1 atom stereocenters. The van der Waals surface area contributed by atoms with Crippen LogP contribution in [0.15, 0.2) is 12.0 Å². The van der Waals surface area contributed by atoms with Crippen molar-refractivity contribution in [1.82, 2.24) is 0 Å². The number of hydrogen-bond acceptors (Lipinski definition) is 2. The first kappa shape index (κ1) is 4.24. The zero-order chi connectivity index (χ0) is 5.40. The van der Waals surface area contributed by atoms with Gasteiger partial charge in [0.15, 0.2) is 0 Å². The number of hydrogen-bond donors (Lipinski definition) is 0. The van der Waals surface area contributed by atoms with Crippen molar-refractivity contribution in [2.75, 3.05) is 13.2 Å². The summed E-state index contributed by atoms with van der Waals surface area (Å²) in [5.41, 5.74) is 0. The molecule has 2 heterocycles. The molecule has 2 rings (SSSR count). The Morgan fingerprint density at radius 3 is 3.50 bits per heavy atom. The number of ether oxygens (including phenoxy) is 2. The van der Waals surface area contributed by atoms with Crippen molar-refractivity contribution in [2.24, 2.45) is 5.92 Å². The fourth-order valence-electron chi connectivity index (χ4n) is 1.12. The maximum atomic E-state index is 5.21. The van der Waals surface area contributed by atoms with Crippen LogP contribution in [0.25, 0.3) is 0 Å². The summed E-state index contributed by atoms with van der Waals surface area (Å²) in [5, 5.41) is 0. The molecule has 1 unspecified atom stereocenters. The predicted molar refractivity (Wildman–Crippen MR) is 28.1 cm³/mol. The number of fused-ring (bicyclic) bond motifs is 1. The Balaban J connectivity index is 2.20. The van der Waals surface area contributed by atoms with Crippen LogP contribution >= 0.6 is 0 Å². The minimum atomic E-state index is 0.593. The first-order valence-corrected chi connectivity index (χ1v) is 2.91. The molecule has 44 valence electrons. The lowest BCUT2D eigenvalue weighted by molar-refractivity contribution is 0.232. The lowest BCUT2D eigenvalue weighted by atomic mass is 10.1. The molecule has 0 radical (unpaired) electrons. The van der Waals surface area contributed by atoms with Crippen molar-refractivity contribution < 1.29 is 9.47 Å². The van der Waals surface area contributed by atoms with Crippen LogP contribution in [-0.4, -0.2) is 13.2 Å². The summed E-state index contributed by atoms with van der Waals surface area (Å²) in [6.07, 6.45) is 2.88. The molecular formula is C6H8O2. The molecular weight excluding hydrogens is 104 g/mol. The standard InChI is InChI=1S/C6H8O2/c1-2-8-6-4-7-3-5(1)6/h4-5H,1-3H2. The first-order chi connectivity index (χ1) is 3.97. The van der Waals surface area contributed by atoms with E-state index in [0.29, 0.717) is 5.92 Å². The van der Waals surface area contributed by atoms with Crippen LogP contribution in [0.4, 0.5) is 0 Å². The van der Waals surface area contributed by atoms with E-state index in [1.165, 1.54) is 0 Å². The van der Waals surface area contributed by atoms with E-state index in [1.807, 2.05) is 0 Å². The molecule has 2 heteroatoms. The van der Waals surface area contributed by atoms with Crippen LogP contribution in [0.3, 0.4) is 0 Å². The van der Waals surface area contributed by atoms with Gasteiger partial charge in [-0.1, -0.05) is 0 Å². The van der Waals surface area contributed by atoms with Crippen LogP contribution in [0, 0.1) is 5.92 Å². The van der Waals surface area contributed by atoms with Crippen LogP contribution in [-0.2, 0) is 9.47 Å². The van der Waals surface area contributed by atoms with Gasteiger partial charge in [-0.3, -0.25) is 0 Å². The van der Waals surface area contributed by atoms with Crippen molar-refractivity contribution in [3.63, 3.8) is 0 Å². The van der Waals surface area contributed by atoms with Gasteiger partial charge in [0.05, 0.1) is 19.1 Å². The largest absolute Gasteiger partial charge is 0.497 e. The fraction of sp³-hybridized carbons (Fsp3) is 0.667. The molecule has 8 heavy (non-hydrogen) atoms. The third kappa shape index (κ3) is 0.427. The lowest BCUT2D eigenvalue weighted by Gasteiger charge is -1.93. The van der Waals surface area contributed by atoms with Gasteiger partial charge in [0, 0.05) is 0 Å². The minimum absolute atomic E-state index is 0.593. The Labute approximate surface area is 48.1 Å². The van der Waals surface area contributed by atoms with Crippen molar-refractivity contribution in [3.8, 4) is 0 Å². The van der Waals surface area contributed by atoms with E-state index >= 15 is 0 Å². The van der Waals surface area contributed by atoms with E-state index in [-0.39, 0.29) is 0 Å². The predicted octanol–water partition coefficient (Wildman–Crippen LogP) is 0.894. The summed E-state index contributed by atoms with van der Waals surface area (Å²) in [5.74, 6) is 1.65. The zero-order valence-electron chi connectivity index (χ0n) is 4.59. The smallest absolute Gasteiger partial charge is 0.137 e. The van der Waals surface area contributed by atoms with E-state index in [1.54, 1.807) is 6.26 Å². The summed E-state index contributed by atoms with van der Waals surface area (Å²) in [6.45, 7) is 1.73. The Hall–Kier alpha value is -0.660. The highest BCUT2D eigenvalue weighted by Crippen LogP contribution is 2.28. The van der Waals surface area contributed by atoms with Crippen molar-refractivity contribution in [2.45, 2.75) is 6.42 Å². The van der Waals surface area contributed by atoms with E-state index < -0.39 is 0 Å². The number of rotatable bonds is 0. The lowest BCUT2D eigenvalue weighted by Crippen LogP contribution is -1.96. The van der Waals surface area contributed by atoms with Crippen LogP contribution in [0.1, 0.15) is 6.42 Å². The molecule has 2 aliphatic heterocycles. The third-order valence-corrected chi connectivity index (χ3v) is 1.63. The SMILES string of the molecule is C1=C2OCCC2CO1. The second-order valence-electron chi connectivity index (χ2n) is 2.19. The summed E-state index contributed by atoms with van der Waals surface area (Å²) in [7, 11) is 0.